The Bertz CT molecular complexity index is 4900. The summed E-state index contributed by atoms with van der Waals surface area (Å²) < 4.78 is 145. The number of ether oxygens (including phenoxy) is 13. The fraction of sp³-hybridized carbons (Fsp3) is 0.458. The molecule has 1 saturated heterocycles. The lowest BCUT2D eigenvalue weighted by Crippen LogP contribution is -2.37. The second kappa shape index (κ2) is 47.2. The Balaban J connectivity index is 0.000000297. The number of unbranched alkanes of at least 4 members (excludes halogenated alkanes) is 2. The molecule has 8 aromatic rings. The molecule has 0 saturated carbocycles. The third-order valence-electron chi connectivity index (χ3n) is 17.8. The Labute approximate surface area is 674 Å². The predicted octanol–water partition coefficient (Wildman–Crippen LogP) is 9.73. The highest BCUT2D eigenvalue weighted by Crippen LogP contribution is 2.36. The summed E-state index contributed by atoms with van der Waals surface area (Å²) in [5.41, 5.74) is 5.67. The minimum Gasteiger partial charge on any atom is -0.748 e. The first-order valence-electron chi connectivity index (χ1n) is 38.2. The summed E-state index contributed by atoms with van der Waals surface area (Å²) in [6.07, 6.45) is 4.55. The van der Waals surface area contributed by atoms with Gasteiger partial charge < -0.3 is 76.6 Å². The molecule has 0 aliphatic carbocycles. The van der Waals surface area contributed by atoms with Gasteiger partial charge in [0.15, 0.2) is 13.1 Å². The first-order valence-corrected chi connectivity index (χ1v) is 41.4. The molecule has 3 amide bonds. The van der Waals surface area contributed by atoms with E-state index in [0.29, 0.717) is 205 Å². The number of rotatable bonds is 46. The number of aliphatic carboxylic acids is 1. The maximum absolute atomic E-state index is 14.6. The van der Waals surface area contributed by atoms with Crippen molar-refractivity contribution in [2.45, 2.75) is 119 Å². The molecule has 6 aromatic carbocycles. The molecular formula is C83H105N4O27S2+. The number of esters is 3. The Morgan fingerprint density at radius 3 is 1.16 bits per heavy atom. The number of hydrogen-bond acceptors (Lipinski definition) is 25. The van der Waals surface area contributed by atoms with Gasteiger partial charge in [-0.15, -0.1) is 0 Å². The quantitative estimate of drug-likeness (QED) is 0.00524. The molecular weight excluding hydrogens is 1550 g/mol. The molecule has 4 N–H and O–H groups in total. The third kappa shape index (κ3) is 29.3. The van der Waals surface area contributed by atoms with Crippen LogP contribution in [0.25, 0.3) is 43.6 Å². The van der Waals surface area contributed by atoms with Crippen molar-refractivity contribution in [3.8, 4) is 34.5 Å². The van der Waals surface area contributed by atoms with E-state index in [1.165, 1.54) is 7.11 Å². The van der Waals surface area contributed by atoms with Crippen molar-refractivity contribution < 1.29 is 135 Å². The summed E-state index contributed by atoms with van der Waals surface area (Å²) in [6, 6.07) is 27.5. The molecule has 0 radical (unpaired) electrons. The van der Waals surface area contributed by atoms with E-state index in [-0.39, 0.29) is 99.1 Å². The molecule has 0 unspecified atom stereocenters. The minimum absolute atomic E-state index is 0.0412. The van der Waals surface area contributed by atoms with Crippen molar-refractivity contribution in [1.29, 1.82) is 0 Å². The number of methoxy groups -OCH3 is 3. The van der Waals surface area contributed by atoms with Crippen LogP contribution in [0.5, 0.6) is 34.5 Å². The molecule has 31 nitrogen and oxygen atoms in total. The number of fused-ring (bicyclic) bond motifs is 4. The van der Waals surface area contributed by atoms with E-state index in [2.05, 4.69) is 10.6 Å². The van der Waals surface area contributed by atoms with E-state index in [0.717, 1.165) is 12.8 Å². The number of carbonyl (C=O) groups is 7. The molecule has 1 aliphatic rings. The zero-order valence-corrected chi connectivity index (χ0v) is 68.7. The lowest BCUT2D eigenvalue weighted by molar-refractivity contribution is -0.645. The smallest absolute Gasteiger partial charge is 0.345 e. The molecule has 0 atom stereocenters. The number of aryl methyl sites for hydroxylation is 6. The summed E-state index contributed by atoms with van der Waals surface area (Å²) in [6.45, 7) is 16.9. The number of carbonyl (C=O) groups excluding carboxylic acids is 6. The molecule has 0 spiro atoms. The Morgan fingerprint density at radius 2 is 0.828 bits per heavy atom. The molecule has 33 heteroatoms. The van der Waals surface area contributed by atoms with Gasteiger partial charge >= 0.3 is 23.9 Å². The fourth-order valence-electron chi connectivity index (χ4n) is 12.6. The van der Waals surface area contributed by atoms with Crippen molar-refractivity contribution >= 4 is 105 Å². The van der Waals surface area contributed by atoms with Gasteiger partial charge in [0.2, 0.25) is 33.9 Å². The number of nitrogens with one attached hydrogen (secondary N) is 2. The second-order valence-electron chi connectivity index (χ2n) is 26.9. The summed E-state index contributed by atoms with van der Waals surface area (Å²) in [4.78, 5) is 85.3. The van der Waals surface area contributed by atoms with E-state index < -0.39 is 55.6 Å². The van der Waals surface area contributed by atoms with Gasteiger partial charge in [-0.1, -0.05) is 20.3 Å². The van der Waals surface area contributed by atoms with Crippen LogP contribution in [0.1, 0.15) is 142 Å². The average Bonchev–Trinajstić information content (AvgIpc) is 0.814. The highest BCUT2D eigenvalue weighted by molar-refractivity contribution is 7.85. The highest BCUT2D eigenvalue weighted by Gasteiger charge is 2.31. The summed E-state index contributed by atoms with van der Waals surface area (Å²) in [5.74, 6) is -1.94. The Hall–Kier alpha value is -10.1. The van der Waals surface area contributed by atoms with Crippen LogP contribution in [0.15, 0.2) is 97.1 Å². The molecule has 1 aliphatic heterocycles. The maximum atomic E-state index is 14.6. The number of carboxylic acid groups (broad SMARTS) is 1. The van der Waals surface area contributed by atoms with Crippen molar-refractivity contribution in [3.05, 3.63) is 142 Å². The van der Waals surface area contributed by atoms with E-state index in [4.69, 9.17) is 66.7 Å². The first-order chi connectivity index (χ1) is 55.6. The van der Waals surface area contributed by atoms with Gasteiger partial charge in [0, 0.05) is 102 Å². The highest BCUT2D eigenvalue weighted by atomic mass is 32.2. The number of aromatic nitrogens is 2. The Kier molecular flexibility index (Phi) is 37.9. The largest absolute Gasteiger partial charge is 0.748 e. The average molecular weight is 1650 g/mol. The standard InChI is InChI=1S/C42H54N2O13S.C37H45NO12S.C4H5NO2/c1-5-17-53-20-22-55-32-11-13-36-34(27-32)39(42(48)57-40-29(2)25-31(26-30(40)3)41(47)43-15-8-6-7-10-38(45)46)35-28-33(56-23-21-54-19-18-52-4)12-14-37(35)44(36)16-9-24-58(49,50)51;1-6-13-46-16-18-48-28-8-10-32-30(23-28)34(37(40)50-35-25(2)21-27(22-26(35)3)36(39)45-5)31-24-29(49-19-17-47-15-14-44-4)9-11-33(31)38(32)12-7-20-51(41,42)43;6-3-1-2-4(7)5-3/h11-14,25-28H,5-10,15-24H2,1-4H3,(H2-,43,45,46,47,49,50,51);8-11,21-24H,6-7,12-20H2,1-5H3;1-2H2,(H,5,6,7)/p+1. The monoisotopic (exact) mass is 1650 g/mol. The maximum Gasteiger partial charge on any atom is 0.345 e. The summed E-state index contributed by atoms with van der Waals surface area (Å²) in [5, 5.41) is 15.7. The number of benzene rings is 6. The molecule has 3 heterocycles. The number of pyridine rings is 2. The van der Waals surface area contributed by atoms with Gasteiger partial charge in [-0.25, -0.2) is 22.8 Å². The van der Waals surface area contributed by atoms with E-state index in [1.807, 2.05) is 23.0 Å². The van der Waals surface area contributed by atoms with Gasteiger partial charge in [-0.05, 0) is 148 Å². The van der Waals surface area contributed by atoms with Crippen molar-refractivity contribution in [1.82, 2.24) is 10.6 Å². The first kappa shape index (κ1) is 93.1. The number of amides is 3. The number of imide groups is 1. The fourth-order valence-corrected chi connectivity index (χ4v) is 13.5. The number of hydrogen-bond donors (Lipinski definition) is 4. The van der Waals surface area contributed by atoms with Gasteiger partial charge in [0.1, 0.15) is 60.9 Å². The lowest BCUT2D eigenvalue weighted by atomic mass is 10.0. The van der Waals surface area contributed by atoms with Gasteiger partial charge in [-0.2, -0.15) is 17.6 Å². The van der Waals surface area contributed by atoms with Crippen LogP contribution in [0.4, 0.5) is 0 Å². The molecule has 0 bridgehead atoms. The lowest BCUT2D eigenvalue weighted by Gasteiger charge is -2.16. The van der Waals surface area contributed by atoms with Gasteiger partial charge in [-0.3, -0.25) is 29.0 Å². The molecule has 9 rings (SSSR count). The SMILES string of the molecule is CCCOCCOc1ccc2c(c1)c(C(=O)Oc1c(C)cc(C(=O)NCCCCCC(=O)O)cc1C)c1cc(OCCOCCOC)ccc1[n+]2CCCS(=O)(=O)O.CCCOCCOc1ccc2c(c1)c(C(=O)Oc1c(C)cc(C(=O)OC)cc1C)c1cc(OCCOCCOC)ccc1[n+]2CCCS(=O)(=O)[O-].O=C1CCC(=O)N1. The van der Waals surface area contributed by atoms with Crippen LogP contribution < -0.4 is 48.2 Å². The van der Waals surface area contributed by atoms with E-state index in [1.54, 1.807) is 139 Å². The van der Waals surface area contributed by atoms with Crippen LogP contribution >= 0.6 is 0 Å². The van der Waals surface area contributed by atoms with Crippen LogP contribution in [0, 0.1) is 27.7 Å². The minimum atomic E-state index is -4.46. The topological polar surface area (TPSA) is 403 Å². The predicted molar refractivity (Wildman–Crippen MR) is 427 cm³/mol. The van der Waals surface area contributed by atoms with E-state index in [9.17, 15) is 59.5 Å². The number of nitrogens with zero attached hydrogens (tertiary/aromatic N) is 2. The van der Waals surface area contributed by atoms with Crippen LogP contribution in [-0.4, -0.2) is 205 Å². The van der Waals surface area contributed by atoms with Crippen LogP contribution in [0.2, 0.25) is 0 Å². The zero-order valence-electron chi connectivity index (χ0n) is 67.1. The van der Waals surface area contributed by atoms with Crippen molar-refractivity contribution in [3.63, 3.8) is 0 Å². The summed E-state index contributed by atoms with van der Waals surface area (Å²) in [7, 11) is -4.23. The molecule has 630 valence electrons. The van der Waals surface area contributed by atoms with E-state index >= 15 is 0 Å². The molecule has 2 aromatic heterocycles. The van der Waals surface area contributed by atoms with Gasteiger partial charge in [0.25, 0.3) is 16.0 Å². The third-order valence-corrected chi connectivity index (χ3v) is 19.4. The van der Waals surface area contributed by atoms with Crippen molar-refractivity contribution in [2.75, 3.05) is 132 Å². The number of carboxylic acids is 1. The van der Waals surface area contributed by atoms with Gasteiger partial charge in [0.05, 0.1) is 114 Å². The zero-order chi connectivity index (χ0) is 84.3. The van der Waals surface area contributed by atoms with Crippen molar-refractivity contribution in [2.24, 2.45) is 0 Å². The summed E-state index contributed by atoms with van der Waals surface area (Å²) >= 11 is 0. The second-order valence-corrected chi connectivity index (χ2v) is 30.0. The van der Waals surface area contributed by atoms with Crippen LogP contribution in [-0.2, 0) is 80.9 Å². The molecule has 116 heavy (non-hydrogen) atoms. The normalized spacial score (nSPS) is 12.1. The molecule has 1 fully saturated rings. The Morgan fingerprint density at radius 1 is 0.466 bits per heavy atom. The van der Waals surface area contributed by atoms with Crippen LogP contribution in [0.3, 0.4) is 0 Å².